The lowest BCUT2D eigenvalue weighted by molar-refractivity contribution is 0.245. The van der Waals surface area contributed by atoms with Gasteiger partial charge >= 0.3 is 0 Å². The highest BCUT2D eigenvalue weighted by molar-refractivity contribution is 5.85. The fourth-order valence-electron chi connectivity index (χ4n) is 3.03. The number of rotatable bonds is 4. The first-order valence-corrected chi connectivity index (χ1v) is 7.18. The Balaban J connectivity index is 0.00000110. The van der Waals surface area contributed by atoms with Crippen molar-refractivity contribution >= 4 is 35.7 Å². The molecule has 2 heterocycles. The van der Waals surface area contributed by atoms with Gasteiger partial charge in [-0.1, -0.05) is 18.2 Å². The summed E-state index contributed by atoms with van der Waals surface area (Å²) in [4.78, 5) is 4.85. The van der Waals surface area contributed by atoms with Crippen LogP contribution in [0.25, 0.3) is 10.9 Å². The summed E-state index contributed by atoms with van der Waals surface area (Å²) in [5.41, 5.74) is 2.92. The molecule has 0 fully saturated rings. The lowest BCUT2D eigenvalue weighted by Gasteiger charge is -2.21. The number of para-hydroxylation sites is 1. The van der Waals surface area contributed by atoms with Crippen molar-refractivity contribution in [3.05, 3.63) is 36.0 Å². The van der Waals surface area contributed by atoms with Gasteiger partial charge in [0.05, 0.1) is 5.52 Å². The van der Waals surface area contributed by atoms with Crippen molar-refractivity contribution in [3.63, 3.8) is 0 Å². The van der Waals surface area contributed by atoms with E-state index in [0.29, 0.717) is 0 Å². The van der Waals surface area contributed by atoms with Crippen LogP contribution in [0, 0.1) is 0 Å². The van der Waals surface area contributed by atoms with Crippen LogP contribution in [0.5, 0.6) is 0 Å². The maximum atomic E-state index is 2.59. The SMILES string of the molecule is CN(C)CCCN1CCn2ccc3cccc(c32)C1.Cl.Cl. The Morgan fingerprint density at radius 2 is 1.90 bits per heavy atom. The van der Waals surface area contributed by atoms with Crippen molar-refractivity contribution in [3.8, 4) is 0 Å². The molecule has 0 aliphatic carbocycles. The fraction of sp³-hybridized carbons (Fsp3) is 0.500. The fourth-order valence-corrected chi connectivity index (χ4v) is 3.03. The predicted molar refractivity (Wildman–Crippen MR) is 94.9 cm³/mol. The number of benzene rings is 1. The molecular formula is C16H25Cl2N3. The van der Waals surface area contributed by atoms with Crippen LogP contribution in [0.4, 0.5) is 0 Å². The minimum Gasteiger partial charge on any atom is -0.346 e. The minimum absolute atomic E-state index is 0. The van der Waals surface area contributed by atoms with E-state index in [1.807, 2.05) is 0 Å². The van der Waals surface area contributed by atoms with Gasteiger partial charge in [0.25, 0.3) is 0 Å². The quantitative estimate of drug-likeness (QED) is 0.853. The molecule has 0 radical (unpaired) electrons. The number of hydrogen-bond donors (Lipinski definition) is 0. The summed E-state index contributed by atoms with van der Waals surface area (Å²) in [5.74, 6) is 0. The van der Waals surface area contributed by atoms with Crippen LogP contribution in [-0.2, 0) is 13.1 Å². The molecule has 3 rings (SSSR count). The smallest absolute Gasteiger partial charge is 0.0526 e. The highest BCUT2D eigenvalue weighted by Crippen LogP contribution is 2.24. The lowest BCUT2D eigenvalue weighted by Crippen LogP contribution is -2.28. The Labute approximate surface area is 139 Å². The molecule has 1 aromatic carbocycles. The molecule has 1 aliphatic rings. The van der Waals surface area contributed by atoms with Gasteiger partial charge in [0.15, 0.2) is 0 Å². The molecule has 118 valence electrons. The van der Waals surface area contributed by atoms with Crippen LogP contribution in [-0.4, -0.2) is 48.1 Å². The lowest BCUT2D eigenvalue weighted by atomic mass is 10.1. The molecule has 0 amide bonds. The average molecular weight is 330 g/mol. The van der Waals surface area contributed by atoms with Crippen LogP contribution < -0.4 is 0 Å². The van der Waals surface area contributed by atoms with E-state index in [1.165, 1.54) is 36.0 Å². The van der Waals surface area contributed by atoms with Gasteiger partial charge in [-0.15, -0.1) is 24.8 Å². The Bertz CT molecular complexity index is 566. The first-order chi connectivity index (χ1) is 9.24. The zero-order valence-electron chi connectivity index (χ0n) is 12.8. The van der Waals surface area contributed by atoms with Gasteiger partial charge in [-0.25, -0.2) is 0 Å². The van der Waals surface area contributed by atoms with Crippen molar-refractivity contribution in [2.45, 2.75) is 19.5 Å². The van der Waals surface area contributed by atoms with Gasteiger partial charge < -0.3 is 9.47 Å². The van der Waals surface area contributed by atoms with Crippen molar-refractivity contribution in [2.75, 3.05) is 33.7 Å². The second-order valence-electron chi connectivity index (χ2n) is 5.80. The second-order valence-corrected chi connectivity index (χ2v) is 5.80. The van der Waals surface area contributed by atoms with Crippen LogP contribution in [0.2, 0.25) is 0 Å². The Kier molecular flexibility index (Phi) is 7.01. The summed E-state index contributed by atoms with van der Waals surface area (Å²) in [5, 5.41) is 1.38. The molecule has 3 nitrogen and oxygen atoms in total. The molecule has 0 saturated carbocycles. The van der Waals surface area contributed by atoms with Crippen LogP contribution >= 0.6 is 24.8 Å². The molecular weight excluding hydrogens is 305 g/mol. The summed E-state index contributed by atoms with van der Waals surface area (Å²) in [6.45, 7) is 5.73. The topological polar surface area (TPSA) is 11.4 Å². The third-order valence-corrected chi connectivity index (χ3v) is 4.00. The number of aromatic nitrogens is 1. The number of nitrogens with zero attached hydrogens (tertiary/aromatic N) is 3. The summed E-state index contributed by atoms with van der Waals surface area (Å²) < 4.78 is 2.41. The average Bonchev–Trinajstić information content (AvgIpc) is 2.70. The van der Waals surface area contributed by atoms with Gasteiger partial charge in [0.1, 0.15) is 0 Å². The Morgan fingerprint density at radius 3 is 2.67 bits per heavy atom. The number of halogens is 2. The maximum Gasteiger partial charge on any atom is 0.0526 e. The van der Waals surface area contributed by atoms with Crippen LogP contribution in [0.15, 0.2) is 30.5 Å². The molecule has 1 aromatic heterocycles. The summed E-state index contributed by atoms with van der Waals surface area (Å²) >= 11 is 0. The third kappa shape index (κ3) is 4.13. The summed E-state index contributed by atoms with van der Waals surface area (Å²) in [6, 6.07) is 8.92. The first kappa shape index (κ1) is 18.3. The van der Waals surface area contributed by atoms with Gasteiger partial charge in [0, 0.05) is 25.8 Å². The van der Waals surface area contributed by atoms with Gasteiger partial charge in [-0.2, -0.15) is 0 Å². The van der Waals surface area contributed by atoms with E-state index in [1.54, 1.807) is 0 Å². The largest absolute Gasteiger partial charge is 0.346 e. The van der Waals surface area contributed by atoms with Gasteiger partial charge in [-0.05, 0) is 50.6 Å². The van der Waals surface area contributed by atoms with E-state index < -0.39 is 0 Å². The highest BCUT2D eigenvalue weighted by atomic mass is 35.5. The van der Waals surface area contributed by atoms with Gasteiger partial charge in [-0.3, -0.25) is 4.90 Å². The van der Waals surface area contributed by atoms with Crippen molar-refractivity contribution in [2.24, 2.45) is 0 Å². The Hall–Kier alpha value is -0.740. The summed E-state index contributed by atoms with van der Waals surface area (Å²) in [6.07, 6.45) is 3.48. The summed E-state index contributed by atoms with van der Waals surface area (Å²) in [7, 11) is 4.30. The van der Waals surface area contributed by atoms with E-state index in [9.17, 15) is 0 Å². The molecule has 0 spiro atoms. The van der Waals surface area contributed by atoms with Crippen molar-refractivity contribution in [1.29, 1.82) is 0 Å². The molecule has 0 atom stereocenters. The number of hydrogen-bond acceptors (Lipinski definition) is 2. The van der Waals surface area contributed by atoms with E-state index in [4.69, 9.17) is 0 Å². The first-order valence-electron chi connectivity index (χ1n) is 7.18. The molecule has 0 unspecified atom stereocenters. The van der Waals surface area contributed by atoms with Crippen molar-refractivity contribution < 1.29 is 0 Å². The normalized spacial score (nSPS) is 14.6. The van der Waals surface area contributed by atoms with E-state index in [0.717, 1.165) is 19.6 Å². The third-order valence-electron chi connectivity index (χ3n) is 4.00. The zero-order chi connectivity index (χ0) is 13.2. The van der Waals surface area contributed by atoms with Gasteiger partial charge in [0.2, 0.25) is 0 Å². The minimum atomic E-state index is 0. The predicted octanol–water partition coefficient (Wildman–Crippen LogP) is 3.25. The van der Waals surface area contributed by atoms with E-state index in [2.05, 4.69) is 58.9 Å². The molecule has 2 aromatic rings. The van der Waals surface area contributed by atoms with Crippen molar-refractivity contribution in [1.82, 2.24) is 14.4 Å². The molecule has 1 aliphatic heterocycles. The standard InChI is InChI=1S/C16H23N3.2ClH/c1-17(2)8-4-9-18-11-12-19-10-7-14-5-3-6-15(13-18)16(14)19;;/h3,5-7,10H,4,8-9,11-13H2,1-2H3;2*1H. The molecule has 21 heavy (non-hydrogen) atoms. The maximum absolute atomic E-state index is 2.59. The molecule has 5 heteroatoms. The molecule has 0 N–H and O–H groups in total. The molecule has 0 bridgehead atoms. The molecule has 0 saturated heterocycles. The van der Waals surface area contributed by atoms with E-state index in [-0.39, 0.29) is 24.8 Å². The highest BCUT2D eigenvalue weighted by Gasteiger charge is 2.15. The second kappa shape index (κ2) is 8.04. The van der Waals surface area contributed by atoms with Crippen LogP contribution in [0.3, 0.4) is 0 Å². The Morgan fingerprint density at radius 1 is 1.10 bits per heavy atom. The van der Waals surface area contributed by atoms with Crippen LogP contribution in [0.1, 0.15) is 12.0 Å². The monoisotopic (exact) mass is 329 g/mol. The van der Waals surface area contributed by atoms with E-state index >= 15 is 0 Å². The zero-order valence-corrected chi connectivity index (χ0v) is 14.4.